The van der Waals surface area contributed by atoms with Crippen molar-refractivity contribution in [3.63, 3.8) is 0 Å². The number of methoxy groups -OCH3 is 1. The first-order valence-electron chi connectivity index (χ1n) is 7.10. The third-order valence-electron chi connectivity index (χ3n) is 3.47. The summed E-state index contributed by atoms with van der Waals surface area (Å²) in [6.07, 6.45) is 1.63. The molecule has 1 aromatic heterocycles. The molecule has 5 nitrogen and oxygen atoms in total. The number of hydrogen-bond donors (Lipinski definition) is 1. The predicted octanol–water partition coefficient (Wildman–Crippen LogP) is 3.75. The van der Waals surface area contributed by atoms with E-state index in [0.717, 1.165) is 5.56 Å². The van der Waals surface area contributed by atoms with E-state index in [-0.39, 0.29) is 4.90 Å². The summed E-state index contributed by atoms with van der Waals surface area (Å²) in [6, 6.07) is 17.0. The molecule has 0 amide bonds. The fourth-order valence-corrected chi connectivity index (χ4v) is 3.60. The number of nitrogens with zero attached hydrogens (tertiary/aromatic N) is 1. The molecule has 0 aliphatic rings. The Labute approximate surface area is 145 Å². The van der Waals surface area contributed by atoms with Crippen LogP contribution < -0.4 is 9.57 Å². The second kappa shape index (κ2) is 6.59. The fraction of sp³-hybridized carbons (Fsp3) is 0.0588. The number of rotatable bonds is 5. The van der Waals surface area contributed by atoms with Gasteiger partial charge < -0.3 is 4.74 Å². The van der Waals surface area contributed by atoms with E-state index in [1.54, 1.807) is 48.7 Å². The lowest BCUT2D eigenvalue weighted by atomic mass is 10.1. The van der Waals surface area contributed by atoms with Gasteiger partial charge in [0, 0.05) is 11.8 Å². The molecule has 0 fully saturated rings. The molecule has 0 unspecified atom stereocenters. The Morgan fingerprint density at radius 3 is 2.46 bits per heavy atom. The van der Waals surface area contributed by atoms with Crippen molar-refractivity contribution in [3.8, 4) is 17.0 Å². The van der Waals surface area contributed by atoms with Gasteiger partial charge in [-0.15, -0.1) is 0 Å². The predicted molar refractivity (Wildman–Crippen MR) is 94.4 cm³/mol. The van der Waals surface area contributed by atoms with E-state index >= 15 is 0 Å². The second-order valence-electron chi connectivity index (χ2n) is 5.02. The molecule has 0 aliphatic carbocycles. The van der Waals surface area contributed by atoms with E-state index in [0.29, 0.717) is 16.5 Å². The lowest BCUT2D eigenvalue weighted by molar-refractivity contribution is 0.415. The van der Waals surface area contributed by atoms with Crippen LogP contribution in [0.2, 0.25) is 5.02 Å². The van der Waals surface area contributed by atoms with Gasteiger partial charge in [-0.3, -0.25) is 4.68 Å². The zero-order valence-electron chi connectivity index (χ0n) is 12.8. The Hall–Kier alpha value is -2.44. The summed E-state index contributed by atoms with van der Waals surface area (Å²) >= 11 is 6.15. The summed E-state index contributed by atoms with van der Waals surface area (Å²) < 4.78 is 31.5. The molecule has 24 heavy (non-hydrogen) atoms. The van der Waals surface area contributed by atoms with Crippen LogP contribution in [0.5, 0.6) is 5.75 Å². The Balaban J connectivity index is 1.95. The minimum atomic E-state index is -3.68. The smallest absolute Gasteiger partial charge is 0.275 e. The van der Waals surface area contributed by atoms with E-state index in [1.807, 2.05) is 6.07 Å². The number of hydrogen-bond acceptors (Lipinski definition) is 3. The number of sulfonamides is 1. The zero-order valence-corrected chi connectivity index (χ0v) is 14.4. The number of aromatic nitrogens is 1. The van der Waals surface area contributed by atoms with Crippen LogP contribution in [0.4, 0.5) is 0 Å². The molecule has 2 aromatic carbocycles. The fourth-order valence-electron chi connectivity index (χ4n) is 2.30. The summed E-state index contributed by atoms with van der Waals surface area (Å²) in [4.78, 5) is 2.74. The maximum absolute atomic E-state index is 12.5. The van der Waals surface area contributed by atoms with E-state index < -0.39 is 10.0 Å². The molecule has 7 heteroatoms. The van der Waals surface area contributed by atoms with Crippen LogP contribution in [-0.4, -0.2) is 20.2 Å². The standard InChI is InChI=1S/C17H15ClN2O3S/c1-23-17-10-9-13(12-15(17)18)16-8-5-11-20(16)19-24(21,22)14-6-3-2-4-7-14/h2-12,19H,1H3. The molecule has 1 N–H and O–H groups in total. The van der Waals surface area contributed by atoms with E-state index in [2.05, 4.69) is 4.83 Å². The van der Waals surface area contributed by atoms with Crippen LogP contribution in [0.1, 0.15) is 0 Å². The van der Waals surface area contributed by atoms with Gasteiger partial charge in [0.2, 0.25) is 0 Å². The van der Waals surface area contributed by atoms with Crippen LogP contribution in [0, 0.1) is 0 Å². The van der Waals surface area contributed by atoms with Gasteiger partial charge in [-0.2, -0.15) is 8.42 Å². The van der Waals surface area contributed by atoms with Gasteiger partial charge >= 0.3 is 0 Å². The molecule has 1 heterocycles. The van der Waals surface area contributed by atoms with Gasteiger partial charge in [-0.25, -0.2) is 4.83 Å². The highest BCUT2D eigenvalue weighted by atomic mass is 35.5. The number of halogens is 1. The Bertz CT molecular complexity index is 953. The van der Waals surface area contributed by atoms with Gasteiger partial charge in [0.15, 0.2) is 0 Å². The van der Waals surface area contributed by atoms with Crippen LogP contribution >= 0.6 is 11.6 Å². The maximum Gasteiger partial charge on any atom is 0.275 e. The molecule has 3 aromatic rings. The first-order valence-corrected chi connectivity index (χ1v) is 8.96. The summed E-state index contributed by atoms with van der Waals surface area (Å²) in [5, 5.41) is 0.452. The first kappa shape index (κ1) is 16.4. The molecular formula is C17H15ClN2O3S. The average molecular weight is 363 g/mol. The van der Waals surface area contributed by atoms with Gasteiger partial charge in [-0.1, -0.05) is 29.8 Å². The second-order valence-corrected chi connectivity index (χ2v) is 7.09. The minimum Gasteiger partial charge on any atom is -0.495 e. The molecule has 0 saturated carbocycles. The highest BCUT2D eigenvalue weighted by molar-refractivity contribution is 7.92. The van der Waals surface area contributed by atoms with Gasteiger partial charge in [0.05, 0.1) is 22.7 Å². The van der Waals surface area contributed by atoms with Gasteiger partial charge in [0.25, 0.3) is 10.0 Å². The normalized spacial score (nSPS) is 11.2. The largest absolute Gasteiger partial charge is 0.495 e. The summed E-state index contributed by atoms with van der Waals surface area (Å²) in [6.45, 7) is 0. The minimum absolute atomic E-state index is 0.192. The third kappa shape index (κ3) is 3.25. The Morgan fingerprint density at radius 1 is 1.04 bits per heavy atom. The van der Waals surface area contributed by atoms with Crippen LogP contribution in [0.15, 0.2) is 71.8 Å². The molecule has 3 rings (SSSR count). The third-order valence-corrected chi connectivity index (χ3v) is 5.09. The van der Waals surface area contributed by atoms with Crippen molar-refractivity contribution >= 4 is 21.6 Å². The Morgan fingerprint density at radius 2 is 1.79 bits per heavy atom. The van der Waals surface area contributed by atoms with Gasteiger partial charge in [0.1, 0.15) is 5.75 Å². The topological polar surface area (TPSA) is 60.3 Å². The maximum atomic E-state index is 12.5. The molecule has 124 valence electrons. The van der Waals surface area contributed by atoms with Crippen molar-refractivity contribution in [2.24, 2.45) is 0 Å². The molecule has 0 bridgehead atoms. The number of benzene rings is 2. The van der Waals surface area contributed by atoms with Crippen molar-refractivity contribution in [1.29, 1.82) is 0 Å². The molecule has 0 spiro atoms. The van der Waals surface area contributed by atoms with Crippen LogP contribution in [-0.2, 0) is 10.0 Å². The van der Waals surface area contributed by atoms with Crippen LogP contribution in [0.3, 0.4) is 0 Å². The van der Waals surface area contributed by atoms with Gasteiger partial charge in [-0.05, 0) is 42.5 Å². The van der Waals surface area contributed by atoms with Crippen LogP contribution in [0.25, 0.3) is 11.3 Å². The van der Waals surface area contributed by atoms with E-state index in [4.69, 9.17) is 16.3 Å². The SMILES string of the molecule is COc1ccc(-c2cccn2NS(=O)(=O)c2ccccc2)cc1Cl. The zero-order chi connectivity index (χ0) is 17.2. The first-order chi connectivity index (χ1) is 11.5. The van der Waals surface area contributed by atoms with Crippen molar-refractivity contribution in [2.75, 3.05) is 11.9 Å². The van der Waals surface area contributed by atoms with Crippen molar-refractivity contribution in [1.82, 2.24) is 4.68 Å². The molecule has 0 atom stereocenters. The highest BCUT2D eigenvalue weighted by Gasteiger charge is 2.15. The quantitative estimate of drug-likeness (QED) is 0.752. The summed E-state index contributed by atoms with van der Waals surface area (Å²) in [5.41, 5.74) is 1.43. The van der Waals surface area contributed by atoms with E-state index in [9.17, 15) is 8.42 Å². The molecular weight excluding hydrogens is 348 g/mol. The average Bonchev–Trinajstić information content (AvgIpc) is 3.03. The highest BCUT2D eigenvalue weighted by Crippen LogP contribution is 2.30. The van der Waals surface area contributed by atoms with Crippen molar-refractivity contribution < 1.29 is 13.2 Å². The summed E-state index contributed by atoms with van der Waals surface area (Å²) in [7, 11) is -2.14. The summed E-state index contributed by atoms with van der Waals surface area (Å²) in [5.74, 6) is 0.559. The number of nitrogens with one attached hydrogen (secondary N) is 1. The lowest BCUT2D eigenvalue weighted by Crippen LogP contribution is -2.23. The molecule has 0 saturated heterocycles. The lowest BCUT2D eigenvalue weighted by Gasteiger charge is -2.13. The number of ether oxygens (including phenoxy) is 1. The molecule has 0 radical (unpaired) electrons. The molecule has 0 aliphatic heterocycles. The Kier molecular flexibility index (Phi) is 4.51. The monoisotopic (exact) mass is 362 g/mol. The van der Waals surface area contributed by atoms with Crippen molar-refractivity contribution in [3.05, 3.63) is 71.9 Å². The van der Waals surface area contributed by atoms with Crippen molar-refractivity contribution in [2.45, 2.75) is 4.90 Å². The van der Waals surface area contributed by atoms with E-state index in [1.165, 1.54) is 23.9 Å².